The Labute approximate surface area is 148 Å². The van der Waals surface area contributed by atoms with Gasteiger partial charge in [-0.3, -0.25) is 0 Å². The van der Waals surface area contributed by atoms with Crippen LogP contribution in [0, 0.1) is 0 Å². The van der Waals surface area contributed by atoms with Gasteiger partial charge in [0.25, 0.3) is 0 Å². The molecule has 0 saturated heterocycles. The van der Waals surface area contributed by atoms with E-state index in [1.165, 1.54) is 0 Å². The molecule has 1 aromatic rings. The van der Waals surface area contributed by atoms with Gasteiger partial charge in [-0.1, -0.05) is 31.6 Å². The molecule has 1 rings (SSSR count). The first-order valence-electron chi connectivity index (χ1n) is 7.26. The summed E-state index contributed by atoms with van der Waals surface area (Å²) in [5, 5.41) is 19.0. The number of benzene rings is 1. The van der Waals surface area contributed by atoms with E-state index >= 15 is 0 Å². The number of thiocarbonyl (C=S) groups is 1. The van der Waals surface area contributed by atoms with Gasteiger partial charge >= 0.3 is 0 Å². The van der Waals surface area contributed by atoms with E-state index in [4.69, 9.17) is 17.0 Å². The van der Waals surface area contributed by atoms with Crippen molar-refractivity contribution in [2.45, 2.75) is 26.3 Å². The molecule has 0 heterocycles. The van der Waals surface area contributed by atoms with Gasteiger partial charge in [-0.15, -0.1) is 12.6 Å². The van der Waals surface area contributed by atoms with Gasteiger partial charge in [0.05, 0.1) is 7.11 Å². The number of methoxy groups -OCH3 is 1. The summed E-state index contributed by atoms with van der Waals surface area (Å²) in [6, 6.07) is 3.87. The van der Waals surface area contributed by atoms with Crippen molar-refractivity contribution in [2.24, 2.45) is 0 Å². The number of nitrogens with one attached hydrogen (secondary N) is 3. The molecule has 0 aromatic heterocycles. The summed E-state index contributed by atoms with van der Waals surface area (Å²) in [7, 11) is 1.56. The molecule has 0 spiro atoms. The van der Waals surface area contributed by atoms with Gasteiger partial charge in [0.1, 0.15) is 4.32 Å². The zero-order chi connectivity index (χ0) is 17.1. The van der Waals surface area contributed by atoms with E-state index in [0.29, 0.717) is 16.6 Å². The van der Waals surface area contributed by atoms with Gasteiger partial charge in [0.2, 0.25) is 0 Å². The molecule has 7 heteroatoms. The smallest absolute Gasteiger partial charge is 0.162 e. The van der Waals surface area contributed by atoms with Crippen LogP contribution in [0.3, 0.4) is 0 Å². The second-order valence-corrected chi connectivity index (χ2v) is 5.88. The highest BCUT2D eigenvalue weighted by atomic mass is 32.1. The van der Waals surface area contributed by atoms with Gasteiger partial charge in [-0.25, -0.2) is 0 Å². The molecule has 4 N–H and O–H groups in total. The number of aryl methyl sites for hydroxylation is 1. The molecule has 0 unspecified atom stereocenters. The largest absolute Gasteiger partial charge is 0.504 e. The summed E-state index contributed by atoms with van der Waals surface area (Å²) < 4.78 is 5.63. The second-order valence-electron chi connectivity index (χ2n) is 4.72. The van der Waals surface area contributed by atoms with Crippen LogP contribution in [-0.4, -0.2) is 16.5 Å². The van der Waals surface area contributed by atoms with Gasteiger partial charge < -0.3 is 25.8 Å². The van der Waals surface area contributed by atoms with E-state index in [9.17, 15) is 5.11 Å². The minimum absolute atomic E-state index is 0.174. The molecule has 126 valence electrons. The lowest BCUT2D eigenvalue weighted by atomic mass is 10.0. The lowest BCUT2D eigenvalue weighted by molar-refractivity contribution is 0.369. The number of phenols is 1. The fraction of sp³-hybridized carbons (Fsp3) is 0.312. The van der Waals surface area contributed by atoms with Gasteiger partial charge in [-0.05, 0) is 18.1 Å². The van der Waals surface area contributed by atoms with E-state index in [0.717, 1.165) is 24.0 Å². The summed E-state index contributed by atoms with van der Waals surface area (Å²) in [5.41, 5.74) is 1.95. The fourth-order valence-electron chi connectivity index (χ4n) is 1.94. The summed E-state index contributed by atoms with van der Waals surface area (Å²) >= 11 is 8.66. The minimum atomic E-state index is 0.174. The molecule has 0 atom stereocenters. The monoisotopic (exact) mass is 353 g/mol. The van der Waals surface area contributed by atoms with Crippen LogP contribution in [0.1, 0.15) is 24.5 Å². The number of rotatable bonds is 9. The fourth-order valence-corrected chi connectivity index (χ4v) is 2.09. The lowest BCUT2D eigenvalue weighted by Crippen LogP contribution is -2.10. The highest BCUT2D eigenvalue weighted by Crippen LogP contribution is 2.31. The zero-order valence-electron chi connectivity index (χ0n) is 13.3. The SMILES string of the molecule is CCCc1cc(CN/C=C/N/C=C/NC(=S)S)c(O)c(OC)c1. The maximum atomic E-state index is 10.2. The van der Waals surface area contributed by atoms with Crippen LogP contribution >= 0.6 is 24.8 Å². The summed E-state index contributed by atoms with van der Waals surface area (Å²) in [5.74, 6) is 0.680. The van der Waals surface area contributed by atoms with Crippen LogP contribution in [0.25, 0.3) is 0 Å². The molecule has 5 nitrogen and oxygen atoms in total. The average Bonchev–Trinajstić information content (AvgIpc) is 2.52. The van der Waals surface area contributed by atoms with Crippen molar-refractivity contribution in [1.82, 2.24) is 16.0 Å². The third-order valence-corrected chi connectivity index (χ3v) is 3.20. The predicted octanol–water partition coefficient (Wildman–Crippen LogP) is 2.78. The van der Waals surface area contributed by atoms with Gasteiger partial charge in [0, 0.05) is 36.9 Å². The van der Waals surface area contributed by atoms with Gasteiger partial charge in [-0.2, -0.15) is 0 Å². The first-order chi connectivity index (χ1) is 11.1. The Hall–Kier alpha value is -1.86. The molecule has 0 bridgehead atoms. The van der Waals surface area contributed by atoms with Crippen LogP contribution in [0.5, 0.6) is 11.5 Å². The molecule has 0 radical (unpaired) electrons. The zero-order valence-corrected chi connectivity index (χ0v) is 15.0. The van der Waals surface area contributed by atoms with Crippen molar-refractivity contribution in [3.05, 3.63) is 48.1 Å². The van der Waals surface area contributed by atoms with Crippen LogP contribution in [0.4, 0.5) is 0 Å². The molecular weight excluding hydrogens is 330 g/mol. The molecule has 0 fully saturated rings. The van der Waals surface area contributed by atoms with E-state index in [1.54, 1.807) is 31.9 Å². The average molecular weight is 354 g/mol. The molecule has 1 aromatic carbocycles. The number of ether oxygens (including phenoxy) is 1. The Balaban J connectivity index is 2.55. The second kappa shape index (κ2) is 10.8. The third-order valence-electron chi connectivity index (χ3n) is 2.95. The highest BCUT2D eigenvalue weighted by molar-refractivity contribution is 8.11. The molecule has 0 aliphatic rings. The Kier molecular flexibility index (Phi) is 9.01. The van der Waals surface area contributed by atoms with Crippen LogP contribution in [0.2, 0.25) is 0 Å². The van der Waals surface area contributed by atoms with E-state index in [1.807, 2.05) is 12.1 Å². The minimum Gasteiger partial charge on any atom is -0.504 e. The molecule has 23 heavy (non-hydrogen) atoms. The summed E-state index contributed by atoms with van der Waals surface area (Å²) in [6.45, 7) is 2.62. The Bertz CT molecular complexity index is 575. The van der Waals surface area contributed by atoms with Crippen molar-refractivity contribution in [3.63, 3.8) is 0 Å². The van der Waals surface area contributed by atoms with Crippen molar-refractivity contribution in [1.29, 1.82) is 0 Å². The maximum Gasteiger partial charge on any atom is 0.162 e. The first kappa shape index (κ1) is 19.2. The number of aromatic hydroxyl groups is 1. The number of phenolic OH excluding ortho intramolecular Hbond substituents is 1. The van der Waals surface area contributed by atoms with E-state index in [-0.39, 0.29) is 5.75 Å². The van der Waals surface area contributed by atoms with E-state index in [2.05, 4.69) is 35.5 Å². The standard InChI is InChI=1S/C16H23N3O2S2/c1-3-4-12-9-13(15(20)14(10-12)21-2)11-18-6-5-17-7-8-19-16(22)23/h5-10,17-18,20H,3-4,11H2,1-2H3,(H2,19,22,23)/b6-5+,8-7+. The third kappa shape index (κ3) is 7.30. The molecule has 0 aliphatic carbocycles. The maximum absolute atomic E-state index is 10.2. The topological polar surface area (TPSA) is 65.5 Å². The Morgan fingerprint density at radius 2 is 2.04 bits per heavy atom. The lowest BCUT2D eigenvalue weighted by Gasteiger charge is -2.12. The molecule has 0 aliphatic heterocycles. The summed E-state index contributed by atoms with van der Waals surface area (Å²) in [6.07, 6.45) is 8.80. The van der Waals surface area contributed by atoms with Crippen molar-refractivity contribution in [3.8, 4) is 11.5 Å². The summed E-state index contributed by atoms with van der Waals surface area (Å²) in [4.78, 5) is 0. The number of hydrogen-bond acceptors (Lipinski definition) is 5. The van der Waals surface area contributed by atoms with Crippen LogP contribution in [-0.2, 0) is 13.0 Å². The van der Waals surface area contributed by atoms with Crippen molar-refractivity contribution >= 4 is 29.2 Å². The quantitative estimate of drug-likeness (QED) is 0.348. The van der Waals surface area contributed by atoms with E-state index < -0.39 is 0 Å². The van der Waals surface area contributed by atoms with Crippen molar-refractivity contribution < 1.29 is 9.84 Å². The molecule has 0 saturated carbocycles. The predicted molar refractivity (Wildman–Crippen MR) is 102 cm³/mol. The Morgan fingerprint density at radius 3 is 2.70 bits per heavy atom. The van der Waals surface area contributed by atoms with Gasteiger partial charge in [0.15, 0.2) is 11.5 Å². The Morgan fingerprint density at radius 1 is 1.30 bits per heavy atom. The molecular formula is C16H23N3O2S2. The normalized spacial score (nSPS) is 10.9. The first-order valence-corrected chi connectivity index (χ1v) is 8.11. The highest BCUT2D eigenvalue weighted by Gasteiger charge is 2.09. The number of thiol groups is 1. The molecule has 0 amide bonds. The van der Waals surface area contributed by atoms with Crippen LogP contribution < -0.4 is 20.7 Å². The van der Waals surface area contributed by atoms with Crippen molar-refractivity contribution in [2.75, 3.05) is 7.11 Å². The number of hydrogen-bond donors (Lipinski definition) is 5. The van der Waals surface area contributed by atoms with Crippen LogP contribution in [0.15, 0.2) is 36.9 Å².